The Bertz CT molecular complexity index is 1610. The molecule has 0 saturated carbocycles. The third kappa shape index (κ3) is 5.20. The number of carbonyl (C=O) groups excluding carboxylic acids is 1. The van der Waals surface area contributed by atoms with Crippen molar-refractivity contribution in [1.29, 1.82) is 0 Å². The summed E-state index contributed by atoms with van der Waals surface area (Å²) in [4.78, 5) is 14.9. The molecule has 5 rings (SSSR count). The van der Waals surface area contributed by atoms with Crippen molar-refractivity contribution >= 4 is 32.6 Å². The van der Waals surface area contributed by atoms with Gasteiger partial charge in [0.25, 0.3) is 10.0 Å². The maximum Gasteiger partial charge on any atom is 0.338 e. The Hall–Kier alpha value is -4.17. The Labute approximate surface area is 216 Å². The monoisotopic (exact) mass is 514 g/mol. The van der Waals surface area contributed by atoms with Crippen molar-refractivity contribution in [1.82, 2.24) is 4.90 Å². The van der Waals surface area contributed by atoms with Crippen molar-refractivity contribution in [2.45, 2.75) is 17.9 Å². The van der Waals surface area contributed by atoms with Crippen LogP contribution < -0.4 is 4.74 Å². The molecule has 1 heterocycles. The number of hydrogen-bond acceptors (Lipinski definition) is 6. The zero-order chi connectivity index (χ0) is 26.0. The summed E-state index contributed by atoms with van der Waals surface area (Å²) in [6, 6.07) is 27.5. The number of hydrogen-bond donors (Lipinski definition) is 0. The fourth-order valence-electron chi connectivity index (χ4n) is 4.38. The lowest BCUT2D eigenvalue weighted by molar-refractivity contribution is 0.0132. The van der Waals surface area contributed by atoms with E-state index in [2.05, 4.69) is 4.40 Å². The average Bonchev–Trinajstić information content (AvgIpc) is 3.18. The van der Waals surface area contributed by atoms with Crippen molar-refractivity contribution in [2.75, 3.05) is 20.2 Å². The molecule has 4 aromatic carbocycles. The highest BCUT2D eigenvalue weighted by Gasteiger charge is 2.32. The van der Waals surface area contributed by atoms with Gasteiger partial charge in [0.05, 0.1) is 12.1 Å². The third-order valence-corrected chi connectivity index (χ3v) is 7.48. The van der Waals surface area contributed by atoms with Gasteiger partial charge in [-0.3, -0.25) is 0 Å². The van der Waals surface area contributed by atoms with Crippen molar-refractivity contribution in [3.63, 3.8) is 0 Å². The highest BCUT2D eigenvalue weighted by atomic mass is 32.2. The number of benzene rings is 4. The van der Waals surface area contributed by atoms with E-state index in [1.54, 1.807) is 48.3 Å². The van der Waals surface area contributed by atoms with Crippen LogP contribution in [0.15, 0.2) is 100 Å². The molecule has 4 aromatic rings. The van der Waals surface area contributed by atoms with Gasteiger partial charge in [0.15, 0.2) is 11.9 Å². The van der Waals surface area contributed by atoms with Crippen LogP contribution in [-0.4, -0.2) is 51.4 Å². The molecule has 0 aromatic heterocycles. The zero-order valence-corrected chi connectivity index (χ0v) is 21.3. The first-order chi connectivity index (χ1) is 17.8. The minimum absolute atomic E-state index is 0.0670. The summed E-state index contributed by atoms with van der Waals surface area (Å²) in [6.07, 6.45) is -0.713. The topological polar surface area (TPSA) is 85.3 Å². The number of sulfonamides is 1. The van der Waals surface area contributed by atoms with Gasteiger partial charge in [-0.05, 0) is 42.6 Å². The number of fused-ring (bicyclic) bond motifs is 2. The lowest BCUT2D eigenvalue weighted by atomic mass is 10.1. The Balaban J connectivity index is 1.40. The summed E-state index contributed by atoms with van der Waals surface area (Å²) in [6.45, 7) is 2.14. The molecule has 0 unspecified atom stereocenters. The van der Waals surface area contributed by atoms with Gasteiger partial charge in [-0.25, -0.2) is 4.79 Å². The molecule has 0 fully saturated rings. The van der Waals surface area contributed by atoms with Crippen LogP contribution in [0.5, 0.6) is 5.75 Å². The van der Waals surface area contributed by atoms with E-state index in [1.807, 2.05) is 55.5 Å². The lowest BCUT2D eigenvalue weighted by Gasteiger charge is -2.26. The summed E-state index contributed by atoms with van der Waals surface area (Å²) < 4.78 is 41.1. The predicted molar refractivity (Wildman–Crippen MR) is 143 cm³/mol. The summed E-state index contributed by atoms with van der Waals surface area (Å²) in [5.41, 5.74) is 1.89. The van der Waals surface area contributed by atoms with Gasteiger partial charge < -0.3 is 14.4 Å². The minimum Gasteiger partial charge on any atom is -0.489 e. The molecule has 1 aliphatic rings. The van der Waals surface area contributed by atoms with Crippen LogP contribution in [-0.2, 0) is 14.8 Å². The van der Waals surface area contributed by atoms with E-state index in [0.29, 0.717) is 22.7 Å². The van der Waals surface area contributed by atoms with Gasteiger partial charge in [0.2, 0.25) is 0 Å². The molecule has 37 heavy (non-hydrogen) atoms. The summed E-state index contributed by atoms with van der Waals surface area (Å²) in [5, 5.41) is 1.98. The zero-order valence-electron chi connectivity index (χ0n) is 20.5. The van der Waals surface area contributed by atoms with E-state index in [9.17, 15) is 13.2 Å². The second-order valence-electron chi connectivity index (χ2n) is 8.95. The molecular weight excluding hydrogens is 488 g/mol. The molecule has 188 valence electrons. The number of amidine groups is 1. The maximum atomic E-state index is 13.0. The van der Waals surface area contributed by atoms with E-state index in [1.165, 1.54) is 6.07 Å². The second kappa shape index (κ2) is 10.1. The summed E-state index contributed by atoms with van der Waals surface area (Å²) >= 11 is 0. The SMILES string of the molecule is Cc1cccc(C(=O)O[C@H](COc2cccc3ccccc23)CN(C)C2=NS(=O)(=O)c3ccccc32)c1. The highest BCUT2D eigenvalue weighted by molar-refractivity contribution is 7.90. The minimum atomic E-state index is -3.78. The van der Waals surface area contributed by atoms with E-state index >= 15 is 0 Å². The van der Waals surface area contributed by atoms with Crippen molar-refractivity contribution in [2.24, 2.45) is 4.40 Å². The number of nitrogens with zero attached hydrogens (tertiary/aromatic N) is 2. The van der Waals surface area contributed by atoms with Gasteiger partial charge in [-0.1, -0.05) is 66.2 Å². The van der Waals surface area contributed by atoms with Crippen LogP contribution >= 0.6 is 0 Å². The highest BCUT2D eigenvalue weighted by Crippen LogP contribution is 2.28. The average molecular weight is 515 g/mol. The quantitative estimate of drug-likeness (QED) is 0.328. The van der Waals surface area contributed by atoms with Crippen LogP contribution in [0.1, 0.15) is 21.5 Å². The van der Waals surface area contributed by atoms with Crippen LogP contribution in [0.4, 0.5) is 0 Å². The van der Waals surface area contributed by atoms with Gasteiger partial charge >= 0.3 is 5.97 Å². The Morgan fingerprint density at radius 3 is 2.51 bits per heavy atom. The first-order valence-electron chi connectivity index (χ1n) is 11.9. The van der Waals surface area contributed by atoms with Crippen LogP contribution in [0, 0.1) is 6.92 Å². The molecule has 1 atom stereocenters. The van der Waals surface area contributed by atoms with Gasteiger partial charge in [-0.2, -0.15) is 8.42 Å². The van der Waals surface area contributed by atoms with Crippen molar-refractivity contribution < 1.29 is 22.7 Å². The standard InChI is InChI=1S/C29H26N2O5S/c1-20-9-7-12-22(17-20)29(32)36-23(19-35-26-15-8-11-21-10-3-4-13-24(21)26)18-31(2)28-25-14-5-6-16-27(25)37(33,34)30-28/h3-17,23H,18-19H2,1-2H3/t23-/m0/s1. The predicted octanol–water partition coefficient (Wildman–Crippen LogP) is 4.83. The molecule has 0 bridgehead atoms. The van der Waals surface area contributed by atoms with E-state index in [-0.39, 0.29) is 18.0 Å². The molecule has 0 spiro atoms. The largest absolute Gasteiger partial charge is 0.489 e. The Morgan fingerprint density at radius 2 is 1.68 bits per heavy atom. The summed E-state index contributed by atoms with van der Waals surface area (Å²) in [5.74, 6) is 0.492. The normalized spacial score (nSPS) is 14.5. The van der Waals surface area contributed by atoms with Crippen LogP contribution in [0.3, 0.4) is 0 Å². The van der Waals surface area contributed by atoms with E-state index in [4.69, 9.17) is 9.47 Å². The molecule has 7 nitrogen and oxygen atoms in total. The first kappa shape index (κ1) is 24.5. The number of carbonyl (C=O) groups is 1. The van der Waals surface area contributed by atoms with E-state index < -0.39 is 22.1 Å². The molecule has 0 amide bonds. The van der Waals surface area contributed by atoms with Gasteiger partial charge in [0, 0.05) is 18.0 Å². The molecule has 0 saturated heterocycles. The number of aryl methyl sites for hydroxylation is 1. The van der Waals surface area contributed by atoms with Crippen molar-refractivity contribution in [3.05, 3.63) is 108 Å². The number of rotatable bonds is 7. The van der Waals surface area contributed by atoms with Gasteiger partial charge in [-0.15, -0.1) is 4.40 Å². The number of ether oxygens (including phenoxy) is 2. The molecule has 0 radical (unpaired) electrons. The summed E-state index contributed by atoms with van der Waals surface area (Å²) in [7, 11) is -2.05. The van der Waals surface area contributed by atoms with Crippen LogP contribution in [0.25, 0.3) is 10.8 Å². The number of likely N-dealkylation sites (N-methyl/N-ethyl adjacent to an activating group) is 1. The Kier molecular flexibility index (Phi) is 6.67. The molecule has 8 heteroatoms. The van der Waals surface area contributed by atoms with E-state index in [0.717, 1.165) is 16.3 Å². The number of esters is 1. The maximum absolute atomic E-state index is 13.0. The smallest absolute Gasteiger partial charge is 0.338 e. The van der Waals surface area contributed by atoms with Gasteiger partial charge in [0.1, 0.15) is 17.3 Å². The lowest BCUT2D eigenvalue weighted by Crippen LogP contribution is -2.39. The molecule has 0 N–H and O–H groups in total. The fourth-order valence-corrected chi connectivity index (χ4v) is 5.63. The molecule has 1 aliphatic heterocycles. The fraction of sp³-hybridized carbons (Fsp3) is 0.172. The van der Waals surface area contributed by atoms with Crippen molar-refractivity contribution in [3.8, 4) is 5.75 Å². The Morgan fingerprint density at radius 1 is 0.946 bits per heavy atom. The van der Waals surface area contributed by atoms with Crippen LogP contribution in [0.2, 0.25) is 0 Å². The molecule has 0 aliphatic carbocycles. The molecular formula is C29H26N2O5S. The first-order valence-corrected chi connectivity index (χ1v) is 13.3. The third-order valence-electron chi connectivity index (χ3n) is 6.15. The second-order valence-corrected chi connectivity index (χ2v) is 10.5.